The molecule has 0 bridgehead atoms. The van der Waals surface area contributed by atoms with Gasteiger partial charge in [-0.2, -0.15) is 0 Å². The molecule has 1 heterocycles. The van der Waals surface area contributed by atoms with Crippen molar-refractivity contribution in [2.45, 2.75) is 4.90 Å². The SMILES string of the molecule is O=S(=O)(c1ccccc1)n1c(/C=C/c2ccccc2)nc2ccccc21. The number of aromatic nitrogens is 2. The van der Waals surface area contributed by atoms with Crippen molar-refractivity contribution in [3.8, 4) is 0 Å². The Kier molecular flexibility index (Phi) is 4.14. The fraction of sp³-hybridized carbons (Fsp3) is 0. The summed E-state index contributed by atoms with van der Waals surface area (Å²) in [7, 11) is -3.75. The van der Waals surface area contributed by atoms with Gasteiger partial charge in [-0.15, -0.1) is 0 Å². The van der Waals surface area contributed by atoms with Crippen molar-refractivity contribution in [1.29, 1.82) is 0 Å². The predicted molar refractivity (Wildman–Crippen MR) is 104 cm³/mol. The molecule has 0 unspecified atom stereocenters. The van der Waals surface area contributed by atoms with Gasteiger partial charge >= 0.3 is 0 Å². The summed E-state index contributed by atoms with van der Waals surface area (Å²) in [5.41, 5.74) is 2.17. The first-order valence-electron chi connectivity index (χ1n) is 8.17. The molecule has 0 aliphatic carbocycles. The minimum Gasteiger partial charge on any atom is -0.228 e. The molecule has 0 N–H and O–H groups in total. The average Bonchev–Trinajstić information content (AvgIpc) is 3.07. The Morgan fingerprint density at radius 2 is 1.35 bits per heavy atom. The maximum absolute atomic E-state index is 13.2. The van der Waals surface area contributed by atoms with Crippen LogP contribution in [0.15, 0.2) is 89.8 Å². The maximum atomic E-state index is 13.2. The van der Waals surface area contributed by atoms with Crippen LogP contribution in [0.1, 0.15) is 11.4 Å². The molecular formula is C21H16N2O2S. The minimum atomic E-state index is -3.75. The molecule has 4 aromatic rings. The third-order valence-corrected chi connectivity index (χ3v) is 5.78. The van der Waals surface area contributed by atoms with Crippen molar-refractivity contribution in [2.75, 3.05) is 0 Å². The number of nitrogens with zero attached hydrogens (tertiary/aromatic N) is 2. The summed E-state index contributed by atoms with van der Waals surface area (Å²) in [6.45, 7) is 0. The van der Waals surface area contributed by atoms with E-state index in [1.165, 1.54) is 3.97 Å². The smallest absolute Gasteiger partial charge is 0.228 e. The first-order valence-corrected chi connectivity index (χ1v) is 9.61. The van der Waals surface area contributed by atoms with Crippen molar-refractivity contribution >= 4 is 33.2 Å². The Labute approximate surface area is 152 Å². The zero-order valence-corrected chi connectivity index (χ0v) is 14.7. The van der Waals surface area contributed by atoms with Gasteiger partial charge in [0.25, 0.3) is 10.0 Å². The van der Waals surface area contributed by atoms with Crippen molar-refractivity contribution in [3.05, 3.63) is 96.3 Å². The van der Waals surface area contributed by atoms with Crippen LogP contribution in [0, 0.1) is 0 Å². The van der Waals surface area contributed by atoms with Crippen molar-refractivity contribution in [1.82, 2.24) is 8.96 Å². The Morgan fingerprint density at radius 1 is 0.731 bits per heavy atom. The second-order valence-electron chi connectivity index (χ2n) is 5.79. The van der Waals surface area contributed by atoms with E-state index < -0.39 is 10.0 Å². The van der Waals surface area contributed by atoms with Crippen molar-refractivity contribution in [3.63, 3.8) is 0 Å². The molecule has 5 heteroatoms. The van der Waals surface area contributed by atoms with Crippen LogP contribution in [0.3, 0.4) is 0 Å². The number of fused-ring (bicyclic) bond motifs is 1. The highest BCUT2D eigenvalue weighted by molar-refractivity contribution is 7.90. The van der Waals surface area contributed by atoms with E-state index in [-0.39, 0.29) is 4.90 Å². The lowest BCUT2D eigenvalue weighted by molar-refractivity contribution is 0.588. The molecule has 0 radical (unpaired) electrons. The number of hydrogen-bond acceptors (Lipinski definition) is 3. The summed E-state index contributed by atoms with van der Waals surface area (Å²) in [4.78, 5) is 4.75. The predicted octanol–water partition coefficient (Wildman–Crippen LogP) is 4.44. The van der Waals surface area contributed by atoms with E-state index in [0.29, 0.717) is 16.9 Å². The van der Waals surface area contributed by atoms with Crippen LogP contribution in [0.25, 0.3) is 23.2 Å². The monoisotopic (exact) mass is 360 g/mol. The van der Waals surface area contributed by atoms with Gasteiger partial charge in [0.05, 0.1) is 15.9 Å². The first kappa shape index (κ1) is 16.3. The number of benzene rings is 3. The second kappa shape index (κ2) is 6.61. The Hall–Kier alpha value is -3.18. The minimum absolute atomic E-state index is 0.234. The van der Waals surface area contributed by atoms with Crippen molar-refractivity contribution in [2.24, 2.45) is 0 Å². The maximum Gasteiger partial charge on any atom is 0.269 e. The molecule has 4 rings (SSSR count). The molecular weight excluding hydrogens is 344 g/mol. The standard InChI is InChI=1S/C21H16N2O2S/c24-26(25,18-11-5-2-6-12-18)23-20-14-8-7-13-19(20)22-21(23)16-15-17-9-3-1-4-10-17/h1-16H/b16-15+. The van der Waals surface area contributed by atoms with Crippen LogP contribution in [0.5, 0.6) is 0 Å². The molecule has 0 saturated heterocycles. The zero-order valence-electron chi connectivity index (χ0n) is 13.9. The molecule has 0 aliphatic heterocycles. The van der Waals surface area contributed by atoms with E-state index in [9.17, 15) is 8.42 Å². The number of para-hydroxylation sites is 2. The van der Waals surface area contributed by atoms with Crippen molar-refractivity contribution < 1.29 is 8.42 Å². The van der Waals surface area contributed by atoms with E-state index in [1.807, 2.05) is 54.6 Å². The molecule has 0 saturated carbocycles. The molecule has 4 nitrogen and oxygen atoms in total. The van der Waals surface area contributed by atoms with Gasteiger partial charge in [-0.25, -0.2) is 17.4 Å². The summed E-state index contributed by atoms with van der Waals surface area (Å²) in [6.07, 6.45) is 3.59. The highest BCUT2D eigenvalue weighted by Gasteiger charge is 2.22. The van der Waals surface area contributed by atoms with Gasteiger partial charge in [-0.05, 0) is 35.9 Å². The molecule has 0 fully saturated rings. The third kappa shape index (κ3) is 2.93. The van der Waals surface area contributed by atoms with Gasteiger partial charge < -0.3 is 0 Å². The van der Waals surface area contributed by atoms with Crippen LogP contribution in [0.4, 0.5) is 0 Å². The largest absolute Gasteiger partial charge is 0.269 e. The highest BCUT2D eigenvalue weighted by Crippen LogP contribution is 2.24. The molecule has 0 aliphatic rings. The molecule has 26 heavy (non-hydrogen) atoms. The molecule has 0 spiro atoms. The quantitative estimate of drug-likeness (QED) is 0.540. The lowest BCUT2D eigenvalue weighted by Crippen LogP contribution is -2.14. The van der Waals surface area contributed by atoms with Gasteiger partial charge in [-0.3, -0.25) is 0 Å². The first-order chi connectivity index (χ1) is 12.7. The zero-order chi connectivity index (χ0) is 18.0. The van der Waals surface area contributed by atoms with Crippen LogP contribution in [-0.4, -0.2) is 17.4 Å². The van der Waals surface area contributed by atoms with Gasteiger partial charge in [0.2, 0.25) is 0 Å². The Morgan fingerprint density at radius 3 is 2.08 bits per heavy atom. The normalized spacial score (nSPS) is 12.0. The lowest BCUT2D eigenvalue weighted by Gasteiger charge is -2.08. The highest BCUT2D eigenvalue weighted by atomic mass is 32.2. The fourth-order valence-corrected chi connectivity index (χ4v) is 4.29. The Bertz CT molecular complexity index is 1180. The summed E-state index contributed by atoms with van der Waals surface area (Å²) < 4.78 is 27.8. The van der Waals surface area contributed by atoms with E-state index in [1.54, 1.807) is 42.5 Å². The summed E-state index contributed by atoms with van der Waals surface area (Å²) in [6, 6.07) is 25.4. The van der Waals surface area contributed by atoms with E-state index in [4.69, 9.17) is 0 Å². The van der Waals surface area contributed by atoms with Crippen LogP contribution in [0.2, 0.25) is 0 Å². The summed E-state index contributed by atoms with van der Waals surface area (Å²) >= 11 is 0. The fourth-order valence-electron chi connectivity index (χ4n) is 2.81. The van der Waals surface area contributed by atoms with E-state index >= 15 is 0 Å². The van der Waals surface area contributed by atoms with Gasteiger partial charge in [0.1, 0.15) is 5.82 Å². The average molecular weight is 360 g/mol. The Balaban J connectivity index is 1.92. The van der Waals surface area contributed by atoms with Gasteiger partial charge in [-0.1, -0.05) is 66.7 Å². The molecule has 0 amide bonds. The molecule has 3 aromatic carbocycles. The summed E-state index contributed by atoms with van der Waals surface area (Å²) in [5, 5.41) is 0. The van der Waals surface area contributed by atoms with E-state index in [0.717, 1.165) is 5.56 Å². The van der Waals surface area contributed by atoms with Crippen LogP contribution in [-0.2, 0) is 10.0 Å². The molecule has 1 aromatic heterocycles. The number of rotatable bonds is 4. The second-order valence-corrected chi connectivity index (χ2v) is 7.57. The number of imidazole rings is 1. The van der Waals surface area contributed by atoms with Crippen LogP contribution >= 0.6 is 0 Å². The molecule has 0 atom stereocenters. The molecule has 128 valence electrons. The van der Waals surface area contributed by atoms with Gasteiger partial charge in [0, 0.05) is 0 Å². The van der Waals surface area contributed by atoms with Gasteiger partial charge in [0.15, 0.2) is 0 Å². The van der Waals surface area contributed by atoms with Crippen LogP contribution < -0.4 is 0 Å². The summed E-state index contributed by atoms with van der Waals surface area (Å²) in [5.74, 6) is 0.374. The third-order valence-electron chi connectivity index (χ3n) is 4.05. The lowest BCUT2D eigenvalue weighted by atomic mass is 10.2. The van der Waals surface area contributed by atoms with E-state index in [2.05, 4.69) is 4.98 Å². The number of hydrogen-bond donors (Lipinski definition) is 0. The topological polar surface area (TPSA) is 52.0 Å².